The van der Waals surface area contributed by atoms with Gasteiger partial charge in [0.1, 0.15) is 12.4 Å². The summed E-state index contributed by atoms with van der Waals surface area (Å²) < 4.78 is 5.69. The molecule has 2 heterocycles. The van der Waals surface area contributed by atoms with Crippen LogP contribution in [0, 0.1) is 5.92 Å². The second-order valence-corrected chi connectivity index (χ2v) is 5.73. The minimum absolute atomic E-state index is 0.0619. The highest BCUT2D eigenvalue weighted by Crippen LogP contribution is 2.26. The number of hydrogen-bond donors (Lipinski definition) is 2. The number of fused-ring (bicyclic) bond motifs is 1. The molecule has 1 aromatic rings. The third-order valence-corrected chi connectivity index (χ3v) is 4.14. The van der Waals surface area contributed by atoms with Gasteiger partial charge in [0.05, 0.1) is 5.92 Å². The molecule has 0 spiro atoms. The predicted molar refractivity (Wildman–Crippen MR) is 77.8 cm³/mol. The van der Waals surface area contributed by atoms with Crippen LogP contribution in [0.1, 0.15) is 24.8 Å². The molecule has 2 aliphatic heterocycles. The minimum Gasteiger partial charge on any atom is -0.492 e. The van der Waals surface area contributed by atoms with Crippen molar-refractivity contribution in [2.45, 2.75) is 31.7 Å². The van der Waals surface area contributed by atoms with Gasteiger partial charge < -0.3 is 15.4 Å². The van der Waals surface area contributed by atoms with Crippen LogP contribution in [0.5, 0.6) is 5.75 Å². The van der Waals surface area contributed by atoms with Gasteiger partial charge in [-0.2, -0.15) is 0 Å². The molecule has 0 saturated carbocycles. The van der Waals surface area contributed by atoms with Crippen LogP contribution in [0.15, 0.2) is 24.3 Å². The van der Waals surface area contributed by atoms with Gasteiger partial charge in [-0.1, -0.05) is 24.6 Å². The summed E-state index contributed by atoms with van der Waals surface area (Å²) in [4.78, 5) is 12.4. The molecule has 20 heavy (non-hydrogen) atoms. The quantitative estimate of drug-likeness (QED) is 0.859. The summed E-state index contributed by atoms with van der Waals surface area (Å²) in [5.74, 6) is 0.994. The number of rotatable bonds is 2. The van der Waals surface area contributed by atoms with Crippen molar-refractivity contribution < 1.29 is 9.53 Å². The average Bonchev–Trinajstić information content (AvgIpc) is 2.75. The lowest BCUT2D eigenvalue weighted by Crippen LogP contribution is -2.46. The highest BCUT2D eigenvalue weighted by atomic mass is 16.5. The van der Waals surface area contributed by atoms with Gasteiger partial charge in [-0.05, 0) is 37.4 Å². The Hall–Kier alpha value is -1.55. The minimum atomic E-state index is -0.0619. The predicted octanol–water partition coefficient (Wildman–Crippen LogP) is 1.50. The Kier molecular flexibility index (Phi) is 4.21. The molecule has 0 radical (unpaired) electrons. The first-order valence-electron chi connectivity index (χ1n) is 7.55. The van der Waals surface area contributed by atoms with E-state index in [0.717, 1.165) is 37.2 Å². The Morgan fingerprint density at radius 1 is 1.30 bits per heavy atom. The van der Waals surface area contributed by atoms with E-state index in [2.05, 4.69) is 10.6 Å². The van der Waals surface area contributed by atoms with Crippen LogP contribution in [0.3, 0.4) is 0 Å². The average molecular weight is 274 g/mol. The van der Waals surface area contributed by atoms with Crippen molar-refractivity contribution in [2.24, 2.45) is 5.92 Å². The third kappa shape index (κ3) is 3.12. The highest BCUT2D eigenvalue weighted by molar-refractivity contribution is 5.80. The number of para-hydroxylation sites is 1. The van der Waals surface area contributed by atoms with Crippen molar-refractivity contribution in [3.8, 4) is 5.75 Å². The van der Waals surface area contributed by atoms with E-state index in [0.29, 0.717) is 6.61 Å². The van der Waals surface area contributed by atoms with Gasteiger partial charge in [0.15, 0.2) is 0 Å². The molecule has 1 fully saturated rings. The Labute approximate surface area is 119 Å². The van der Waals surface area contributed by atoms with E-state index >= 15 is 0 Å². The normalized spacial score (nSPS) is 26.0. The summed E-state index contributed by atoms with van der Waals surface area (Å²) >= 11 is 0. The van der Waals surface area contributed by atoms with E-state index in [1.807, 2.05) is 24.3 Å². The maximum atomic E-state index is 12.4. The lowest BCUT2D eigenvalue weighted by Gasteiger charge is -2.26. The van der Waals surface area contributed by atoms with Crippen LogP contribution in [0.25, 0.3) is 0 Å². The van der Waals surface area contributed by atoms with Crippen LogP contribution in [-0.4, -0.2) is 31.6 Å². The Balaban J connectivity index is 1.58. The Bertz CT molecular complexity index is 467. The van der Waals surface area contributed by atoms with Crippen LogP contribution < -0.4 is 15.4 Å². The molecule has 1 amide bonds. The number of hydrogen-bond acceptors (Lipinski definition) is 3. The second-order valence-electron chi connectivity index (χ2n) is 5.73. The molecule has 2 aliphatic rings. The van der Waals surface area contributed by atoms with E-state index < -0.39 is 0 Å². The molecular weight excluding hydrogens is 252 g/mol. The third-order valence-electron chi connectivity index (χ3n) is 4.14. The number of benzene rings is 1. The fourth-order valence-electron chi connectivity index (χ4n) is 2.96. The number of carbonyl (C=O) groups is 1. The summed E-state index contributed by atoms with van der Waals surface area (Å²) in [5.41, 5.74) is 1.14. The van der Waals surface area contributed by atoms with Gasteiger partial charge in [0.25, 0.3) is 0 Å². The maximum absolute atomic E-state index is 12.4. The van der Waals surface area contributed by atoms with E-state index in [-0.39, 0.29) is 17.9 Å². The largest absolute Gasteiger partial charge is 0.492 e. The van der Waals surface area contributed by atoms with Gasteiger partial charge in [-0.3, -0.25) is 4.79 Å². The first-order valence-corrected chi connectivity index (χ1v) is 7.55. The van der Waals surface area contributed by atoms with E-state index in [1.54, 1.807) is 0 Å². The highest BCUT2D eigenvalue weighted by Gasteiger charge is 2.27. The molecule has 0 aromatic heterocycles. The zero-order valence-corrected chi connectivity index (χ0v) is 11.7. The van der Waals surface area contributed by atoms with Crippen molar-refractivity contribution in [3.63, 3.8) is 0 Å². The summed E-state index contributed by atoms with van der Waals surface area (Å²) in [6.07, 6.45) is 4.24. The number of ether oxygens (including phenoxy) is 1. The van der Waals surface area contributed by atoms with Crippen molar-refractivity contribution in [2.75, 3.05) is 19.7 Å². The maximum Gasteiger partial charge on any atom is 0.227 e. The van der Waals surface area contributed by atoms with Crippen molar-refractivity contribution in [1.82, 2.24) is 10.6 Å². The van der Waals surface area contributed by atoms with Gasteiger partial charge in [-0.25, -0.2) is 0 Å². The molecule has 1 saturated heterocycles. The van der Waals surface area contributed by atoms with Gasteiger partial charge in [0, 0.05) is 12.6 Å². The second kappa shape index (κ2) is 6.27. The van der Waals surface area contributed by atoms with E-state index in [1.165, 1.54) is 12.8 Å². The van der Waals surface area contributed by atoms with Crippen molar-refractivity contribution in [1.29, 1.82) is 0 Å². The van der Waals surface area contributed by atoms with Crippen LogP contribution in [-0.2, 0) is 11.2 Å². The van der Waals surface area contributed by atoms with Gasteiger partial charge in [-0.15, -0.1) is 0 Å². The van der Waals surface area contributed by atoms with Crippen molar-refractivity contribution in [3.05, 3.63) is 29.8 Å². The number of carbonyl (C=O) groups excluding carboxylic acids is 1. The zero-order valence-electron chi connectivity index (χ0n) is 11.7. The Morgan fingerprint density at radius 2 is 2.20 bits per heavy atom. The molecule has 2 N–H and O–H groups in total. The first-order chi connectivity index (χ1) is 9.83. The standard InChI is InChI=1S/C16H22N2O2/c19-16(18-14-6-3-4-8-17-10-14)13-9-12-5-1-2-7-15(12)20-11-13/h1-2,5,7,13-14,17H,3-4,6,8-11H2,(H,18,19). The molecule has 2 unspecified atom stereocenters. The lowest BCUT2D eigenvalue weighted by atomic mass is 9.95. The molecule has 2 atom stereocenters. The smallest absolute Gasteiger partial charge is 0.227 e. The molecule has 108 valence electrons. The van der Waals surface area contributed by atoms with Gasteiger partial charge >= 0.3 is 0 Å². The van der Waals surface area contributed by atoms with E-state index in [4.69, 9.17) is 4.74 Å². The molecule has 4 heteroatoms. The molecule has 4 nitrogen and oxygen atoms in total. The van der Waals surface area contributed by atoms with Crippen LogP contribution >= 0.6 is 0 Å². The fourth-order valence-corrected chi connectivity index (χ4v) is 2.96. The fraction of sp³-hybridized carbons (Fsp3) is 0.562. The summed E-state index contributed by atoms with van der Waals surface area (Å²) in [6.45, 7) is 2.44. The van der Waals surface area contributed by atoms with E-state index in [9.17, 15) is 4.79 Å². The summed E-state index contributed by atoms with van der Waals surface area (Å²) in [7, 11) is 0. The molecular formula is C16H22N2O2. The van der Waals surface area contributed by atoms with Gasteiger partial charge in [0.2, 0.25) is 5.91 Å². The number of amides is 1. The monoisotopic (exact) mass is 274 g/mol. The Morgan fingerprint density at radius 3 is 3.15 bits per heavy atom. The lowest BCUT2D eigenvalue weighted by molar-refractivity contribution is -0.127. The zero-order chi connectivity index (χ0) is 13.8. The van der Waals surface area contributed by atoms with Crippen LogP contribution in [0.2, 0.25) is 0 Å². The topological polar surface area (TPSA) is 50.4 Å². The first kappa shape index (κ1) is 13.4. The molecule has 0 bridgehead atoms. The SMILES string of the molecule is O=C(NC1CCCCNC1)C1COc2ccccc2C1. The molecule has 0 aliphatic carbocycles. The summed E-state index contributed by atoms with van der Waals surface area (Å²) in [5, 5.41) is 6.55. The van der Waals surface area contributed by atoms with Crippen molar-refractivity contribution >= 4 is 5.91 Å². The summed E-state index contributed by atoms with van der Waals surface area (Å²) in [6, 6.07) is 8.25. The van der Waals surface area contributed by atoms with Crippen LogP contribution in [0.4, 0.5) is 0 Å². The molecule has 3 rings (SSSR count). The number of nitrogens with one attached hydrogen (secondary N) is 2. The molecule has 1 aromatic carbocycles.